The normalized spacial score (nSPS) is 22.5. The molecule has 2 aromatic rings. The summed E-state index contributed by atoms with van der Waals surface area (Å²) in [4.78, 5) is 38.4. The molecule has 4 rings (SSSR count). The predicted octanol–water partition coefficient (Wildman–Crippen LogP) is 2.44. The first-order valence-corrected chi connectivity index (χ1v) is 9.50. The third kappa shape index (κ3) is 3.44. The first kappa shape index (κ1) is 17.6. The van der Waals surface area contributed by atoms with Gasteiger partial charge in [-0.15, -0.1) is 0 Å². The Morgan fingerprint density at radius 1 is 1.15 bits per heavy atom. The van der Waals surface area contributed by atoms with Crippen LogP contribution in [0.3, 0.4) is 0 Å². The van der Waals surface area contributed by atoms with Gasteiger partial charge >= 0.3 is 0 Å². The Morgan fingerprint density at radius 2 is 2.04 bits per heavy atom. The lowest BCUT2D eigenvalue weighted by atomic mass is 9.78. The number of rotatable bonds is 3. The van der Waals surface area contributed by atoms with E-state index in [2.05, 4.69) is 9.97 Å². The van der Waals surface area contributed by atoms with Gasteiger partial charge in [-0.1, -0.05) is 12.1 Å². The van der Waals surface area contributed by atoms with Crippen molar-refractivity contribution >= 4 is 11.8 Å². The van der Waals surface area contributed by atoms with Gasteiger partial charge in [-0.2, -0.15) is 0 Å². The minimum atomic E-state index is -0.452. The van der Waals surface area contributed by atoms with Crippen molar-refractivity contribution in [2.75, 3.05) is 19.6 Å². The van der Waals surface area contributed by atoms with Gasteiger partial charge < -0.3 is 9.80 Å². The summed E-state index contributed by atoms with van der Waals surface area (Å²) in [6.45, 7) is 4.39. The number of amides is 2. The lowest BCUT2D eigenvalue weighted by Crippen LogP contribution is -2.49. The molecule has 2 aliphatic rings. The number of likely N-dealkylation sites (tertiary alicyclic amines) is 2. The molecule has 2 aromatic heterocycles. The van der Waals surface area contributed by atoms with Gasteiger partial charge in [-0.25, -0.2) is 0 Å². The van der Waals surface area contributed by atoms with Gasteiger partial charge in [0.25, 0.3) is 5.91 Å². The van der Waals surface area contributed by atoms with Crippen LogP contribution in [-0.2, 0) is 11.3 Å². The molecule has 140 valence electrons. The second-order valence-corrected chi connectivity index (χ2v) is 7.57. The molecule has 0 aromatic carbocycles. The van der Waals surface area contributed by atoms with Crippen LogP contribution in [0.5, 0.6) is 0 Å². The van der Waals surface area contributed by atoms with E-state index in [1.807, 2.05) is 36.1 Å². The Bertz CT molecular complexity index is 854. The summed E-state index contributed by atoms with van der Waals surface area (Å²) >= 11 is 0. The summed E-state index contributed by atoms with van der Waals surface area (Å²) < 4.78 is 0. The van der Waals surface area contributed by atoms with Crippen LogP contribution in [-0.4, -0.2) is 51.2 Å². The number of aromatic nitrogens is 2. The first-order chi connectivity index (χ1) is 13.1. The number of pyridine rings is 2. The van der Waals surface area contributed by atoms with Crippen molar-refractivity contribution in [2.24, 2.45) is 5.41 Å². The molecule has 1 unspecified atom stereocenters. The summed E-state index contributed by atoms with van der Waals surface area (Å²) in [5.74, 6) is 0.0746. The summed E-state index contributed by atoms with van der Waals surface area (Å²) in [6.07, 6.45) is 4.12. The number of aryl methyl sites for hydroxylation is 1. The quantitative estimate of drug-likeness (QED) is 0.839. The van der Waals surface area contributed by atoms with Crippen LogP contribution in [0.4, 0.5) is 0 Å². The smallest absolute Gasteiger partial charge is 0.272 e. The number of piperidine rings is 1. The van der Waals surface area contributed by atoms with Crippen molar-refractivity contribution in [2.45, 2.75) is 32.7 Å². The van der Waals surface area contributed by atoms with Crippen LogP contribution in [0.15, 0.2) is 42.6 Å². The molecule has 1 atom stereocenters. The minimum Gasteiger partial charge on any atom is -0.336 e. The van der Waals surface area contributed by atoms with Crippen LogP contribution in [0.1, 0.15) is 41.1 Å². The van der Waals surface area contributed by atoms with Crippen molar-refractivity contribution in [1.82, 2.24) is 19.8 Å². The molecular weight excluding hydrogens is 340 g/mol. The van der Waals surface area contributed by atoms with Gasteiger partial charge in [0, 0.05) is 31.5 Å². The van der Waals surface area contributed by atoms with E-state index in [-0.39, 0.29) is 11.8 Å². The topological polar surface area (TPSA) is 66.4 Å². The van der Waals surface area contributed by atoms with E-state index in [9.17, 15) is 9.59 Å². The Morgan fingerprint density at radius 3 is 2.81 bits per heavy atom. The fraction of sp³-hybridized carbons (Fsp3) is 0.429. The van der Waals surface area contributed by atoms with Crippen molar-refractivity contribution in [3.05, 3.63) is 59.7 Å². The van der Waals surface area contributed by atoms with E-state index in [1.165, 1.54) is 0 Å². The highest BCUT2D eigenvalue weighted by atomic mass is 16.2. The van der Waals surface area contributed by atoms with Crippen LogP contribution in [0, 0.1) is 12.3 Å². The van der Waals surface area contributed by atoms with Crippen LogP contribution in [0.25, 0.3) is 0 Å². The molecule has 1 spiro atoms. The van der Waals surface area contributed by atoms with Gasteiger partial charge in [-0.05, 0) is 50.5 Å². The number of carbonyl (C=O) groups is 2. The Hall–Kier alpha value is -2.76. The largest absolute Gasteiger partial charge is 0.336 e. The van der Waals surface area contributed by atoms with Gasteiger partial charge in [0.15, 0.2) is 0 Å². The van der Waals surface area contributed by atoms with Crippen LogP contribution in [0.2, 0.25) is 0 Å². The third-order valence-corrected chi connectivity index (χ3v) is 5.65. The Labute approximate surface area is 159 Å². The van der Waals surface area contributed by atoms with Gasteiger partial charge in [0.05, 0.1) is 17.7 Å². The zero-order valence-electron chi connectivity index (χ0n) is 15.6. The highest BCUT2D eigenvalue weighted by molar-refractivity contribution is 5.93. The number of carbonyl (C=O) groups excluding carboxylic acids is 2. The molecule has 0 aliphatic carbocycles. The standard InChI is InChI=1S/C21H24N4O2/c1-16-6-4-7-17(23-16)14-24-13-10-21(20(24)27)9-5-12-25(15-21)19(26)18-8-2-3-11-22-18/h2-4,6-8,11H,5,9-10,12-15H2,1H3. The molecule has 2 saturated heterocycles. The van der Waals surface area contributed by atoms with Crippen molar-refractivity contribution in [1.29, 1.82) is 0 Å². The van der Waals surface area contributed by atoms with Crippen molar-refractivity contribution in [3.8, 4) is 0 Å². The van der Waals surface area contributed by atoms with Crippen molar-refractivity contribution < 1.29 is 9.59 Å². The fourth-order valence-electron chi connectivity index (χ4n) is 4.26. The molecule has 0 saturated carbocycles. The van der Waals surface area contributed by atoms with E-state index in [1.54, 1.807) is 23.2 Å². The number of hydrogen-bond acceptors (Lipinski definition) is 4. The summed E-state index contributed by atoms with van der Waals surface area (Å²) in [7, 11) is 0. The lowest BCUT2D eigenvalue weighted by molar-refractivity contribution is -0.138. The monoisotopic (exact) mass is 364 g/mol. The zero-order chi connectivity index (χ0) is 18.9. The highest BCUT2D eigenvalue weighted by Gasteiger charge is 2.49. The predicted molar refractivity (Wildman–Crippen MR) is 101 cm³/mol. The highest BCUT2D eigenvalue weighted by Crippen LogP contribution is 2.40. The maximum Gasteiger partial charge on any atom is 0.272 e. The number of nitrogens with zero attached hydrogens (tertiary/aromatic N) is 4. The third-order valence-electron chi connectivity index (χ3n) is 5.65. The fourth-order valence-corrected chi connectivity index (χ4v) is 4.26. The van der Waals surface area contributed by atoms with Gasteiger partial charge in [-0.3, -0.25) is 19.6 Å². The van der Waals surface area contributed by atoms with E-state index in [0.717, 1.165) is 37.2 Å². The maximum absolute atomic E-state index is 13.2. The Balaban J connectivity index is 1.48. The number of hydrogen-bond donors (Lipinski definition) is 0. The lowest BCUT2D eigenvalue weighted by Gasteiger charge is -2.38. The van der Waals surface area contributed by atoms with Gasteiger partial charge in [0.2, 0.25) is 5.91 Å². The van der Waals surface area contributed by atoms with Gasteiger partial charge in [0.1, 0.15) is 5.69 Å². The molecule has 0 radical (unpaired) electrons. The molecule has 6 heteroatoms. The average Bonchev–Trinajstić information content (AvgIpc) is 2.97. The second kappa shape index (κ2) is 7.10. The van der Waals surface area contributed by atoms with E-state index >= 15 is 0 Å². The SMILES string of the molecule is Cc1cccc(CN2CCC3(CCCN(C(=O)c4ccccn4)C3)C2=O)n1. The molecule has 4 heterocycles. The molecule has 0 N–H and O–H groups in total. The molecule has 2 amide bonds. The first-order valence-electron chi connectivity index (χ1n) is 9.50. The Kier molecular flexibility index (Phi) is 4.64. The maximum atomic E-state index is 13.2. The molecule has 2 aliphatic heterocycles. The average molecular weight is 364 g/mol. The van der Waals surface area contributed by atoms with E-state index < -0.39 is 5.41 Å². The zero-order valence-corrected chi connectivity index (χ0v) is 15.6. The van der Waals surface area contributed by atoms with E-state index in [0.29, 0.717) is 25.3 Å². The molecule has 2 fully saturated rings. The molecule has 6 nitrogen and oxygen atoms in total. The molecule has 27 heavy (non-hydrogen) atoms. The molecule has 0 bridgehead atoms. The van der Waals surface area contributed by atoms with Crippen LogP contribution < -0.4 is 0 Å². The van der Waals surface area contributed by atoms with Crippen molar-refractivity contribution in [3.63, 3.8) is 0 Å². The summed E-state index contributed by atoms with van der Waals surface area (Å²) in [5, 5.41) is 0. The van der Waals surface area contributed by atoms with Crippen LogP contribution >= 0.6 is 0 Å². The summed E-state index contributed by atoms with van der Waals surface area (Å²) in [5.41, 5.74) is 1.86. The summed E-state index contributed by atoms with van der Waals surface area (Å²) in [6, 6.07) is 11.2. The minimum absolute atomic E-state index is 0.0822. The van der Waals surface area contributed by atoms with E-state index in [4.69, 9.17) is 0 Å². The second-order valence-electron chi connectivity index (χ2n) is 7.57. The molecular formula is C21H24N4O2.